The molecule has 1 aromatic heterocycles. The van der Waals surface area contributed by atoms with Gasteiger partial charge in [0, 0.05) is 18.7 Å². The third kappa shape index (κ3) is 3.63. The van der Waals surface area contributed by atoms with E-state index in [1.54, 1.807) is 7.11 Å². The van der Waals surface area contributed by atoms with E-state index < -0.39 is 0 Å². The molecule has 1 fully saturated rings. The second kappa shape index (κ2) is 7.30. The SMILES string of the molecule is COc1cccc(-c2noc([C@@H]3CCN(Cc4cccc(C)c4)C3)n2)c1. The van der Waals surface area contributed by atoms with E-state index >= 15 is 0 Å². The average molecular weight is 349 g/mol. The summed E-state index contributed by atoms with van der Waals surface area (Å²) in [7, 11) is 1.65. The van der Waals surface area contributed by atoms with E-state index in [1.165, 1.54) is 11.1 Å². The van der Waals surface area contributed by atoms with Crippen LogP contribution in [0.3, 0.4) is 0 Å². The van der Waals surface area contributed by atoms with E-state index in [4.69, 9.17) is 9.26 Å². The number of benzene rings is 2. The van der Waals surface area contributed by atoms with Crippen LogP contribution in [0.2, 0.25) is 0 Å². The van der Waals surface area contributed by atoms with Crippen molar-refractivity contribution in [3.8, 4) is 17.1 Å². The van der Waals surface area contributed by atoms with Gasteiger partial charge in [0.15, 0.2) is 0 Å². The van der Waals surface area contributed by atoms with E-state index in [-0.39, 0.29) is 0 Å². The van der Waals surface area contributed by atoms with E-state index in [2.05, 4.69) is 46.2 Å². The number of methoxy groups -OCH3 is 1. The second-order valence-electron chi connectivity index (χ2n) is 6.90. The summed E-state index contributed by atoms with van der Waals surface area (Å²) in [6, 6.07) is 16.4. The van der Waals surface area contributed by atoms with E-state index in [1.807, 2.05) is 24.3 Å². The Morgan fingerprint density at radius 3 is 2.92 bits per heavy atom. The van der Waals surface area contributed by atoms with Crippen LogP contribution < -0.4 is 4.74 Å². The van der Waals surface area contributed by atoms with Crippen LogP contribution in [0, 0.1) is 6.92 Å². The number of ether oxygens (including phenoxy) is 1. The number of aromatic nitrogens is 2. The lowest BCUT2D eigenvalue weighted by atomic mass is 10.1. The molecule has 5 heteroatoms. The predicted octanol–water partition coefficient (Wildman–Crippen LogP) is 4.04. The number of nitrogens with zero attached hydrogens (tertiary/aromatic N) is 3. The molecule has 0 saturated carbocycles. The van der Waals surface area contributed by atoms with Gasteiger partial charge in [-0.15, -0.1) is 0 Å². The van der Waals surface area contributed by atoms with Crippen molar-refractivity contribution in [1.29, 1.82) is 0 Å². The molecule has 1 atom stereocenters. The Bertz CT molecular complexity index is 890. The summed E-state index contributed by atoms with van der Waals surface area (Å²) in [5.41, 5.74) is 3.57. The van der Waals surface area contributed by atoms with Crippen molar-refractivity contribution in [3.05, 3.63) is 65.5 Å². The molecule has 2 aromatic carbocycles. The summed E-state index contributed by atoms with van der Waals surface area (Å²) in [5, 5.41) is 4.17. The van der Waals surface area contributed by atoms with Crippen molar-refractivity contribution in [1.82, 2.24) is 15.0 Å². The molecule has 0 N–H and O–H groups in total. The highest BCUT2D eigenvalue weighted by atomic mass is 16.5. The highest BCUT2D eigenvalue weighted by molar-refractivity contribution is 5.56. The van der Waals surface area contributed by atoms with Gasteiger partial charge in [0.2, 0.25) is 11.7 Å². The van der Waals surface area contributed by atoms with Crippen LogP contribution in [0.15, 0.2) is 53.1 Å². The molecular weight excluding hydrogens is 326 g/mol. The molecule has 4 rings (SSSR count). The molecule has 0 radical (unpaired) electrons. The summed E-state index contributed by atoms with van der Waals surface area (Å²) in [5.74, 6) is 2.44. The van der Waals surface area contributed by atoms with Crippen LogP contribution in [-0.2, 0) is 6.54 Å². The Hall–Kier alpha value is -2.66. The minimum atomic E-state index is 0.298. The zero-order valence-electron chi connectivity index (χ0n) is 15.2. The number of likely N-dealkylation sites (tertiary alicyclic amines) is 1. The van der Waals surface area contributed by atoms with Gasteiger partial charge in [-0.05, 0) is 37.6 Å². The summed E-state index contributed by atoms with van der Waals surface area (Å²) in [4.78, 5) is 7.09. The lowest BCUT2D eigenvalue weighted by Crippen LogP contribution is -2.19. The fourth-order valence-corrected chi connectivity index (χ4v) is 3.53. The summed E-state index contributed by atoms with van der Waals surface area (Å²) < 4.78 is 10.8. The molecular formula is C21H23N3O2. The highest BCUT2D eigenvalue weighted by Gasteiger charge is 2.28. The third-order valence-corrected chi connectivity index (χ3v) is 4.88. The van der Waals surface area contributed by atoms with Crippen molar-refractivity contribution in [2.45, 2.75) is 25.8 Å². The monoisotopic (exact) mass is 349 g/mol. The smallest absolute Gasteiger partial charge is 0.231 e. The number of hydrogen-bond acceptors (Lipinski definition) is 5. The Balaban J connectivity index is 1.43. The van der Waals surface area contributed by atoms with E-state index in [0.717, 1.165) is 43.3 Å². The first-order valence-electron chi connectivity index (χ1n) is 8.97. The highest BCUT2D eigenvalue weighted by Crippen LogP contribution is 2.29. The van der Waals surface area contributed by atoms with Crippen molar-refractivity contribution >= 4 is 0 Å². The van der Waals surface area contributed by atoms with Gasteiger partial charge in [-0.25, -0.2) is 0 Å². The first-order chi connectivity index (χ1) is 12.7. The molecule has 26 heavy (non-hydrogen) atoms. The molecule has 2 heterocycles. The van der Waals surface area contributed by atoms with Gasteiger partial charge in [-0.3, -0.25) is 4.90 Å². The number of hydrogen-bond donors (Lipinski definition) is 0. The topological polar surface area (TPSA) is 51.4 Å². The summed E-state index contributed by atoms with van der Waals surface area (Å²) >= 11 is 0. The van der Waals surface area contributed by atoms with Gasteiger partial charge in [-0.2, -0.15) is 4.98 Å². The first kappa shape index (κ1) is 16.8. The fourth-order valence-electron chi connectivity index (χ4n) is 3.53. The first-order valence-corrected chi connectivity index (χ1v) is 8.97. The van der Waals surface area contributed by atoms with Gasteiger partial charge in [0.25, 0.3) is 0 Å². The maximum atomic E-state index is 5.57. The van der Waals surface area contributed by atoms with Gasteiger partial charge < -0.3 is 9.26 Å². The van der Waals surface area contributed by atoms with Gasteiger partial charge in [-0.1, -0.05) is 47.1 Å². The predicted molar refractivity (Wildman–Crippen MR) is 100 cm³/mol. The van der Waals surface area contributed by atoms with Gasteiger partial charge in [0.1, 0.15) is 5.75 Å². The van der Waals surface area contributed by atoms with Crippen LogP contribution in [0.25, 0.3) is 11.4 Å². The molecule has 1 saturated heterocycles. The lowest BCUT2D eigenvalue weighted by molar-refractivity contribution is 0.309. The fraction of sp³-hybridized carbons (Fsp3) is 0.333. The maximum Gasteiger partial charge on any atom is 0.231 e. The summed E-state index contributed by atoms with van der Waals surface area (Å²) in [6.07, 6.45) is 1.05. The Labute approximate surface area is 153 Å². The largest absolute Gasteiger partial charge is 0.497 e. The molecule has 5 nitrogen and oxygen atoms in total. The van der Waals surface area contributed by atoms with E-state index in [0.29, 0.717) is 11.7 Å². The average Bonchev–Trinajstić information content (AvgIpc) is 3.31. The van der Waals surface area contributed by atoms with Crippen LogP contribution >= 0.6 is 0 Å². The van der Waals surface area contributed by atoms with Crippen LogP contribution in [0.1, 0.15) is 29.4 Å². The molecule has 0 unspecified atom stereocenters. The van der Waals surface area contributed by atoms with Crippen molar-refractivity contribution in [2.24, 2.45) is 0 Å². The molecule has 1 aliphatic rings. The Morgan fingerprint density at radius 2 is 2.08 bits per heavy atom. The molecule has 0 bridgehead atoms. The molecule has 0 spiro atoms. The molecule has 0 aliphatic carbocycles. The third-order valence-electron chi connectivity index (χ3n) is 4.88. The van der Waals surface area contributed by atoms with Crippen LogP contribution in [0.4, 0.5) is 0 Å². The second-order valence-corrected chi connectivity index (χ2v) is 6.90. The van der Waals surface area contributed by atoms with Gasteiger partial charge in [0.05, 0.1) is 13.0 Å². The Kier molecular flexibility index (Phi) is 4.71. The number of rotatable bonds is 5. The molecule has 0 amide bonds. The maximum absolute atomic E-state index is 5.57. The molecule has 1 aliphatic heterocycles. The molecule has 134 valence electrons. The number of aryl methyl sites for hydroxylation is 1. The normalized spacial score (nSPS) is 17.5. The zero-order valence-corrected chi connectivity index (χ0v) is 15.2. The summed E-state index contributed by atoms with van der Waals surface area (Å²) in [6.45, 7) is 5.10. The van der Waals surface area contributed by atoms with Crippen molar-refractivity contribution in [2.75, 3.05) is 20.2 Å². The van der Waals surface area contributed by atoms with Crippen LogP contribution in [0.5, 0.6) is 5.75 Å². The Morgan fingerprint density at radius 1 is 1.19 bits per heavy atom. The zero-order chi connectivity index (χ0) is 17.9. The van der Waals surface area contributed by atoms with Crippen molar-refractivity contribution in [3.63, 3.8) is 0 Å². The van der Waals surface area contributed by atoms with Crippen molar-refractivity contribution < 1.29 is 9.26 Å². The van der Waals surface area contributed by atoms with E-state index in [9.17, 15) is 0 Å². The standard InChI is InChI=1S/C21H23N3O2/c1-15-5-3-6-16(11-15)13-24-10-9-18(14-24)21-22-20(23-26-21)17-7-4-8-19(12-17)25-2/h3-8,11-12,18H,9-10,13-14H2,1-2H3/t18-/m1/s1. The minimum absolute atomic E-state index is 0.298. The quantitative estimate of drug-likeness (QED) is 0.696. The minimum Gasteiger partial charge on any atom is -0.497 e. The molecule has 3 aromatic rings. The van der Waals surface area contributed by atoms with Gasteiger partial charge >= 0.3 is 0 Å². The lowest BCUT2D eigenvalue weighted by Gasteiger charge is -2.15. The van der Waals surface area contributed by atoms with Crippen LogP contribution in [-0.4, -0.2) is 35.2 Å².